The Labute approximate surface area is 111 Å². The van der Waals surface area contributed by atoms with Crippen LogP contribution in [0.1, 0.15) is 6.42 Å². The molecular weight excluding hydrogens is 273 g/mol. The van der Waals surface area contributed by atoms with Gasteiger partial charge < -0.3 is 9.64 Å². The summed E-state index contributed by atoms with van der Waals surface area (Å²) in [6, 6.07) is 6.84. The molecule has 1 aliphatic rings. The monoisotopic (exact) mass is 287 g/mol. The molecule has 0 aliphatic carbocycles. The maximum absolute atomic E-state index is 12.6. The molecule has 0 bridgehead atoms. The average Bonchev–Trinajstić information content (AvgIpc) is 2.68. The Morgan fingerprint density at radius 3 is 2.53 bits per heavy atom. The summed E-state index contributed by atoms with van der Waals surface area (Å²) >= 11 is 0. The molecule has 1 aliphatic heterocycles. The molecule has 1 heterocycles. The predicted octanol–water partition coefficient (Wildman–Crippen LogP) is 1.35. The maximum Gasteiger partial charge on any atom is 0.302 e. The first-order valence-corrected chi connectivity index (χ1v) is 7.31. The van der Waals surface area contributed by atoms with Crippen LogP contribution in [0.2, 0.25) is 0 Å². The molecule has 104 valence electrons. The second-order valence-corrected chi connectivity index (χ2v) is 5.89. The zero-order chi connectivity index (χ0) is 14.0. The van der Waals surface area contributed by atoms with Gasteiger partial charge in [0.1, 0.15) is 5.75 Å². The van der Waals surface area contributed by atoms with Gasteiger partial charge in [-0.3, -0.25) is 4.79 Å². The van der Waals surface area contributed by atoms with Crippen LogP contribution in [0.25, 0.3) is 0 Å². The molecule has 1 unspecified atom stereocenters. The van der Waals surface area contributed by atoms with Gasteiger partial charge >= 0.3 is 10.2 Å². The summed E-state index contributed by atoms with van der Waals surface area (Å²) in [6.45, 7) is 0.217. The van der Waals surface area contributed by atoms with E-state index in [0.29, 0.717) is 11.4 Å². The summed E-state index contributed by atoms with van der Waals surface area (Å²) in [7, 11) is -3.01. The number of nitrogens with zero attached hydrogens (tertiary/aromatic N) is 1. The molecule has 2 rings (SSSR count). The van der Waals surface area contributed by atoms with Crippen LogP contribution < -0.4 is 9.64 Å². The Hall–Kier alpha value is -1.63. The molecule has 1 saturated heterocycles. The van der Waals surface area contributed by atoms with E-state index >= 15 is 0 Å². The summed E-state index contributed by atoms with van der Waals surface area (Å²) in [5.74, 6) is -0.632. The minimum absolute atomic E-state index is 0.0508. The van der Waals surface area contributed by atoms with Crippen molar-refractivity contribution < 1.29 is 21.8 Å². The molecule has 7 heteroatoms. The van der Waals surface area contributed by atoms with Crippen LogP contribution in [0.4, 0.5) is 9.57 Å². The van der Waals surface area contributed by atoms with E-state index in [4.69, 9.17) is 4.74 Å². The highest BCUT2D eigenvalue weighted by Crippen LogP contribution is 2.27. The molecule has 0 spiro atoms. The largest absolute Gasteiger partial charge is 0.497 e. The number of carbonyl (C=O) groups is 1. The van der Waals surface area contributed by atoms with Gasteiger partial charge in [0, 0.05) is 24.6 Å². The minimum Gasteiger partial charge on any atom is -0.497 e. The Morgan fingerprint density at radius 2 is 2.00 bits per heavy atom. The van der Waals surface area contributed by atoms with E-state index in [9.17, 15) is 17.1 Å². The predicted molar refractivity (Wildman–Crippen MR) is 68.3 cm³/mol. The van der Waals surface area contributed by atoms with Gasteiger partial charge in [0.25, 0.3) is 0 Å². The SMILES string of the molecule is COc1ccc(N2CC(CS(=O)(=O)F)CC2=O)cc1. The van der Waals surface area contributed by atoms with E-state index in [-0.39, 0.29) is 18.9 Å². The van der Waals surface area contributed by atoms with Crippen LogP contribution in [0, 0.1) is 5.92 Å². The average molecular weight is 287 g/mol. The molecule has 0 radical (unpaired) electrons. The van der Waals surface area contributed by atoms with Crippen molar-refractivity contribution in [3.8, 4) is 5.75 Å². The molecule has 1 amide bonds. The highest BCUT2D eigenvalue weighted by molar-refractivity contribution is 7.86. The lowest BCUT2D eigenvalue weighted by atomic mass is 10.1. The van der Waals surface area contributed by atoms with E-state index in [2.05, 4.69) is 0 Å². The maximum atomic E-state index is 12.6. The molecule has 0 saturated carbocycles. The number of hydrogen-bond donors (Lipinski definition) is 0. The Morgan fingerprint density at radius 1 is 1.37 bits per heavy atom. The number of ether oxygens (including phenoxy) is 1. The van der Waals surface area contributed by atoms with Crippen molar-refractivity contribution in [1.82, 2.24) is 0 Å². The number of halogens is 1. The lowest BCUT2D eigenvalue weighted by molar-refractivity contribution is -0.117. The molecular formula is C12H14FNO4S. The van der Waals surface area contributed by atoms with Crippen LogP contribution in [0.5, 0.6) is 5.75 Å². The Bertz CT molecular complexity index is 570. The molecule has 0 N–H and O–H groups in total. The quantitative estimate of drug-likeness (QED) is 0.784. The minimum atomic E-state index is -4.55. The van der Waals surface area contributed by atoms with Crippen LogP contribution >= 0.6 is 0 Å². The second kappa shape index (κ2) is 5.16. The van der Waals surface area contributed by atoms with Crippen molar-refractivity contribution in [3.05, 3.63) is 24.3 Å². The molecule has 1 atom stereocenters. The van der Waals surface area contributed by atoms with Crippen molar-refractivity contribution >= 4 is 21.8 Å². The summed E-state index contributed by atoms with van der Waals surface area (Å²) in [4.78, 5) is 13.3. The van der Waals surface area contributed by atoms with E-state index in [1.807, 2.05) is 0 Å². The molecule has 1 aromatic rings. The van der Waals surface area contributed by atoms with E-state index in [0.717, 1.165) is 0 Å². The van der Waals surface area contributed by atoms with Crippen molar-refractivity contribution in [2.45, 2.75) is 6.42 Å². The van der Waals surface area contributed by atoms with Crippen molar-refractivity contribution in [2.75, 3.05) is 24.3 Å². The zero-order valence-electron chi connectivity index (χ0n) is 10.4. The number of rotatable bonds is 4. The van der Waals surface area contributed by atoms with E-state index < -0.39 is 21.9 Å². The third-order valence-electron chi connectivity index (χ3n) is 3.02. The molecule has 0 aromatic heterocycles. The van der Waals surface area contributed by atoms with Crippen molar-refractivity contribution in [2.24, 2.45) is 5.92 Å². The standard InChI is InChI=1S/C12H14FNO4S/c1-18-11-4-2-10(3-5-11)14-7-9(6-12(14)15)8-19(13,16)17/h2-5,9H,6-8H2,1H3. The first-order chi connectivity index (χ1) is 8.89. The number of carbonyl (C=O) groups excluding carboxylic acids is 1. The van der Waals surface area contributed by atoms with Gasteiger partial charge in [-0.1, -0.05) is 0 Å². The fraction of sp³-hybridized carbons (Fsp3) is 0.417. The number of methoxy groups -OCH3 is 1. The third-order valence-corrected chi connectivity index (χ3v) is 3.89. The number of hydrogen-bond acceptors (Lipinski definition) is 4. The zero-order valence-corrected chi connectivity index (χ0v) is 11.2. The lowest BCUT2D eigenvalue weighted by Gasteiger charge is -2.16. The number of amides is 1. The van der Waals surface area contributed by atoms with Gasteiger partial charge in [-0.25, -0.2) is 0 Å². The van der Waals surface area contributed by atoms with Crippen molar-refractivity contribution in [3.63, 3.8) is 0 Å². The first-order valence-electron chi connectivity index (χ1n) is 5.76. The van der Waals surface area contributed by atoms with Crippen LogP contribution in [-0.4, -0.2) is 33.7 Å². The topological polar surface area (TPSA) is 63.7 Å². The van der Waals surface area contributed by atoms with Gasteiger partial charge in [0.2, 0.25) is 5.91 Å². The lowest BCUT2D eigenvalue weighted by Crippen LogP contribution is -2.25. The number of benzene rings is 1. The summed E-state index contributed by atoms with van der Waals surface area (Å²) in [5.41, 5.74) is 0.657. The Kier molecular flexibility index (Phi) is 3.75. The van der Waals surface area contributed by atoms with Gasteiger partial charge in [-0.2, -0.15) is 8.42 Å². The summed E-state index contributed by atoms with van der Waals surface area (Å²) in [5, 5.41) is 0. The Balaban J connectivity index is 2.11. The van der Waals surface area contributed by atoms with Gasteiger partial charge in [-0.15, -0.1) is 3.89 Å². The highest BCUT2D eigenvalue weighted by atomic mass is 32.3. The normalized spacial score (nSPS) is 19.8. The van der Waals surface area contributed by atoms with Gasteiger partial charge in [0.05, 0.1) is 12.9 Å². The van der Waals surface area contributed by atoms with Gasteiger partial charge in [0.15, 0.2) is 0 Å². The van der Waals surface area contributed by atoms with Crippen LogP contribution in [0.3, 0.4) is 0 Å². The third kappa shape index (κ3) is 3.44. The van der Waals surface area contributed by atoms with E-state index in [1.54, 1.807) is 24.3 Å². The number of anilines is 1. The second-order valence-electron chi connectivity index (χ2n) is 4.48. The smallest absolute Gasteiger partial charge is 0.302 e. The summed E-state index contributed by atoms with van der Waals surface area (Å²) < 4.78 is 38.9. The molecule has 1 aromatic carbocycles. The fourth-order valence-corrected chi connectivity index (χ4v) is 2.97. The fourth-order valence-electron chi connectivity index (χ4n) is 2.19. The van der Waals surface area contributed by atoms with Crippen LogP contribution in [-0.2, 0) is 15.0 Å². The summed E-state index contributed by atoms with van der Waals surface area (Å²) in [6.07, 6.45) is 0.0508. The highest BCUT2D eigenvalue weighted by Gasteiger charge is 2.33. The molecule has 5 nitrogen and oxygen atoms in total. The molecule has 19 heavy (non-hydrogen) atoms. The van der Waals surface area contributed by atoms with E-state index in [1.165, 1.54) is 12.0 Å². The first kappa shape index (κ1) is 13.8. The van der Waals surface area contributed by atoms with Crippen LogP contribution in [0.15, 0.2) is 24.3 Å². The van der Waals surface area contributed by atoms with Gasteiger partial charge in [-0.05, 0) is 24.3 Å². The van der Waals surface area contributed by atoms with Crippen molar-refractivity contribution in [1.29, 1.82) is 0 Å². The molecule has 1 fully saturated rings.